The number of nitrogens with zero attached hydrogens (tertiary/aromatic N) is 3. The van der Waals surface area contributed by atoms with E-state index in [1.807, 2.05) is 0 Å². The molecule has 26 heavy (non-hydrogen) atoms. The van der Waals surface area contributed by atoms with E-state index in [1.54, 1.807) is 12.4 Å². The molecule has 1 amide bonds. The molecule has 0 unspecified atom stereocenters. The minimum atomic E-state index is -0.508. The highest BCUT2D eigenvalue weighted by Crippen LogP contribution is 2.31. The van der Waals surface area contributed by atoms with Crippen LogP contribution in [0.3, 0.4) is 0 Å². The molecule has 7 heteroatoms. The van der Waals surface area contributed by atoms with Gasteiger partial charge >= 0.3 is 0 Å². The monoisotopic (exact) mass is 354 g/mol. The Bertz CT molecular complexity index is 963. The zero-order valence-corrected chi connectivity index (χ0v) is 14.2. The van der Waals surface area contributed by atoms with Crippen molar-refractivity contribution < 1.29 is 14.3 Å². The quantitative estimate of drug-likeness (QED) is 0.752. The van der Waals surface area contributed by atoms with Crippen molar-refractivity contribution in [2.75, 3.05) is 5.32 Å². The fourth-order valence-corrected chi connectivity index (χ4v) is 3.47. The number of nitrogens with one attached hydrogen (secondary N) is 1. The van der Waals surface area contributed by atoms with E-state index >= 15 is 0 Å². The number of aromatic nitrogens is 3. The van der Waals surface area contributed by atoms with Crippen LogP contribution in [-0.4, -0.2) is 25.5 Å². The van der Waals surface area contributed by atoms with Crippen LogP contribution in [0.15, 0.2) is 36.8 Å². The van der Waals surface area contributed by atoms with Crippen molar-refractivity contribution in [1.29, 1.82) is 0 Å². The fraction of sp³-hybridized carbons (Fsp3) is 0.316. The van der Waals surface area contributed by atoms with Gasteiger partial charge < -0.3 is 15.0 Å². The number of hydrogen-bond donors (Lipinski definition) is 2. The standard InChI is InChI=1S/C19H19FN4O2/c20-16-6-5-14(7-13(16)10-25)23-19(26)12-8-17-18(21-9-12)24(11-22-17)15-3-1-2-4-15/h5-9,11,15,25H,1-4,10H2,(H,23,26). The first-order valence-electron chi connectivity index (χ1n) is 8.69. The van der Waals surface area contributed by atoms with Crippen molar-refractivity contribution >= 4 is 22.8 Å². The van der Waals surface area contributed by atoms with Crippen molar-refractivity contribution in [2.24, 2.45) is 0 Å². The maximum atomic E-state index is 13.4. The SMILES string of the molecule is O=C(Nc1ccc(F)c(CO)c1)c1cnc2c(c1)ncn2C1CCCC1. The molecule has 1 aromatic carbocycles. The molecule has 0 bridgehead atoms. The lowest BCUT2D eigenvalue weighted by atomic mass is 10.2. The van der Waals surface area contributed by atoms with Crippen molar-refractivity contribution in [3.8, 4) is 0 Å². The summed E-state index contributed by atoms with van der Waals surface area (Å²) in [6.07, 6.45) is 8.03. The Morgan fingerprint density at radius 2 is 2.08 bits per heavy atom. The molecule has 6 nitrogen and oxygen atoms in total. The van der Waals surface area contributed by atoms with E-state index < -0.39 is 12.4 Å². The summed E-state index contributed by atoms with van der Waals surface area (Å²) in [5, 5.41) is 11.8. The third-order valence-electron chi connectivity index (χ3n) is 4.87. The Morgan fingerprint density at radius 1 is 1.27 bits per heavy atom. The average Bonchev–Trinajstić information content (AvgIpc) is 3.31. The average molecular weight is 354 g/mol. The van der Waals surface area contributed by atoms with Crippen LogP contribution < -0.4 is 5.32 Å². The lowest BCUT2D eigenvalue weighted by molar-refractivity contribution is 0.102. The van der Waals surface area contributed by atoms with Gasteiger partial charge in [0.05, 0.1) is 18.5 Å². The number of aliphatic hydroxyl groups excluding tert-OH is 1. The topological polar surface area (TPSA) is 80.0 Å². The molecule has 1 aliphatic rings. The summed E-state index contributed by atoms with van der Waals surface area (Å²) in [7, 11) is 0. The summed E-state index contributed by atoms with van der Waals surface area (Å²) in [6.45, 7) is -0.429. The highest BCUT2D eigenvalue weighted by Gasteiger charge is 2.20. The minimum absolute atomic E-state index is 0.131. The molecule has 2 heterocycles. The lowest BCUT2D eigenvalue weighted by Crippen LogP contribution is -2.13. The summed E-state index contributed by atoms with van der Waals surface area (Å²) < 4.78 is 15.5. The number of amides is 1. The van der Waals surface area contributed by atoms with Crippen molar-refractivity contribution in [3.05, 3.63) is 53.7 Å². The third-order valence-corrected chi connectivity index (χ3v) is 4.87. The lowest BCUT2D eigenvalue weighted by Gasteiger charge is -2.11. The number of carbonyl (C=O) groups excluding carboxylic acids is 1. The molecule has 0 aliphatic heterocycles. The third kappa shape index (κ3) is 3.06. The summed E-state index contributed by atoms with van der Waals surface area (Å²) >= 11 is 0. The van der Waals surface area contributed by atoms with E-state index in [-0.39, 0.29) is 11.5 Å². The number of anilines is 1. The normalized spacial score (nSPS) is 14.8. The molecule has 1 aliphatic carbocycles. The molecule has 2 aromatic heterocycles. The maximum absolute atomic E-state index is 13.4. The van der Waals surface area contributed by atoms with Crippen molar-refractivity contribution in [2.45, 2.75) is 38.3 Å². The first kappa shape index (κ1) is 16.7. The van der Waals surface area contributed by atoms with Gasteiger partial charge in [0.15, 0.2) is 5.65 Å². The Balaban J connectivity index is 1.57. The van der Waals surface area contributed by atoms with Crippen molar-refractivity contribution in [3.63, 3.8) is 0 Å². The van der Waals surface area contributed by atoms with Crippen LogP contribution >= 0.6 is 0 Å². The molecular formula is C19H19FN4O2. The van der Waals surface area contributed by atoms with Gasteiger partial charge in [-0.25, -0.2) is 14.4 Å². The first-order valence-corrected chi connectivity index (χ1v) is 8.69. The van der Waals surface area contributed by atoms with Crippen LogP contribution in [0.5, 0.6) is 0 Å². The van der Waals surface area contributed by atoms with Crippen LogP contribution in [0, 0.1) is 5.82 Å². The number of hydrogen-bond acceptors (Lipinski definition) is 4. The van der Waals surface area contributed by atoms with Crippen molar-refractivity contribution in [1.82, 2.24) is 14.5 Å². The highest BCUT2D eigenvalue weighted by molar-refractivity contribution is 6.05. The predicted molar refractivity (Wildman–Crippen MR) is 95.3 cm³/mol. The van der Waals surface area contributed by atoms with Gasteiger partial charge in [-0.05, 0) is 37.1 Å². The van der Waals surface area contributed by atoms with E-state index in [0.717, 1.165) is 18.5 Å². The molecule has 3 aromatic rings. The number of rotatable bonds is 4. The van der Waals surface area contributed by atoms with Gasteiger partial charge in [0, 0.05) is 23.5 Å². The summed E-state index contributed by atoms with van der Waals surface area (Å²) in [5.74, 6) is -0.864. The molecule has 2 N–H and O–H groups in total. The fourth-order valence-electron chi connectivity index (χ4n) is 3.47. The Morgan fingerprint density at radius 3 is 2.85 bits per heavy atom. The van der Waals surface area contributed by atoms with Crippen LogP contribution in [0.4, 0.5) is 10.1 Å². The smallest absolute Gasteiger partial charge is 0.257 e. The van der Waals surface area contributed by atoms with Gasteiger partial charge in [0.2, 0.25) is 0 Å². The van der Waals surface area contributed by atoms with Crippen LogP contribution in [-0.2, 0) is 6.61 Å². The molecule has 1 saturated carbocycles. The summed E-state index contributed by atoms with van der Waals surface area (Å²) in [5.41, 5.74) is 2.39. The van der Waals surface area contributed by atoms with Gasteiger partial charge in [-0.2, -0.15) is 0 Å². The largest absolute Gasteiger partial charge is 0.392 e. The van der Waals surface area contributed by atoms with Crippen LogP contribution in [0.25, 0.3) is 11.2 Å². The van der Waals surface area contributed by atoms with Crippen LogP contribution in [0.1, 0.15) is 47.6 Å². The number of halogens is 1. The Kier molecular flexibility index (Phi) is 4.38. The second-order valence-electron chi connectivity index (χ2n) is 6.58. The number of aliphatic hydroxyl groups is 1. The van der Waals surface area contributed by atoms with Gasteiger partial charge in [-0.1, -0.05) is 12.8 Å². The van der Waals surface area contributed by atoms with Gasteiger partial charge in [-0.3, -0.25) is 4.79 Å². The minimum Gasteiger partial charge on any atom is -0.392 e. The number of benzene rings is 1. The van der Waals surface area contributed by atoms with E-state index in [4.69, 9.17) is 5.11 Å². The number of imidazole rings is 1. The van der Waals surface area contributed by atoms with Gasteiger partial charge in [0.1, 0.15) is 11.3 Å². The second kappa shape index (κ2) is 6.84. The summed E-state index contributed by atoms with van der Waals surface area (Å²) in [4.78, 5) is 21.3. The summed E-state index contributed by atoms with van der Waals surface area (Å²) in [6, 6.07) is 6.22. The van der Waals surface area contributed by atoms with Crippen LogP contribution in [0.2, 0.25) is 0 Å². The Hall–Kier alpha value is -2.80. The van der Waals surface area contributed by atoms with E-state index in [9.17, 15) is 9.18 Å². The predicted octanol–water partition coefficient (Wildman–Crippen LogP) is 3.43. The molecule has 134 valence electrons. The molecular weight excluding hydrogens is 335 g/mol. The molecule has 0 saturated heterocycles. The second-order valence-corrected chi connectivity index (χ2v) is 6.58. The number of fused-ring (bicyclic) bond motifs is 1. The van der Waals surface area contributed by atoms with Gasteiger partial charge in [-0.15, -0.1) is 0 Å². The molecule has 0 spiro atoms. The highest BCUT2D eigenvalue weighted by atomic mass is 19.1. The zero-order chi connectivity index (χ0) is 18.1. The maximum Gasteiger partial charge on any atom is 0.257 e. The Labute approximate surface area is 149 Å². The van der Waals surface area contributed by atoms with E-state index in [2.05, 4.69) is 19.9 Å². The van der Waals surface area contributed by atoms with E-state index in [0.29, 0.717) is 22.8 Å². The molecule has 0 atom stereocenters. The number of pyridine rings is 1. The molecule has 4 rings (SSSR count). The van der Waals surface area contributed by atoms with Gasteiger partial charge in [0.25, 0.3) is 5.91 Å². The van der Waals surface area contributed by atoms with E-state index in [1.165, 1.54) is 37.2 Å². The first-order chi connectivity index (χ1) is 12.7. The molecule has 1 fully saturated rings. The zero-order valence-electron chi connectivity index (χ0n) is 14.2. The number of carbonyl (C=O) groups is 1. The molecule has 0 radical (unpaired) electrons.